The molecule has 190 valence electrons. The van der Waals surface area contributed by atoms with E-state index in [0.717, 1.165) is 28.9 Å². The minimum absolute atomic E-state index is 0.00740. The van der Waals surface area contributed by atoms with Crippen LogP contribution in [0.1, 0.15) is 16.7 Å². The molecule has 1 aromatic heterocycles. The van der Waals surface area contributed by atoms with Crippen molar-refractivity contribution in [3.05, 3.63) is 89.5 Å². The third kappa shape index (κ3) is 6.56. The molecule has 4 rings (SSSR count). The van der Waals surface area contributed by atoms with Gasteiger partial charge < -0.3 is 4.74 Å². The third-order valence-corrected chi connectivity index (χ3v) is 6.18. The van der Waals surface area contributed by atoms with Crippen LogP contribution in [0.2, 0.25) is 0 Å². The fraction of sp³-hybridized carbons (Fsp3) is 0.154. The summed E-state index contributed by atoms with van der Waals surface area (Å²) in [5, 5.41) is 13.0. The quantitative estimate of drug-likeness (QED) is 0.186. The van der Waals surface area contributed by atoms with Crippen molar-refractivity contribution in [2.45, 2.75) is 18.3 Å². The van der Waals surface area contributed by atoms with Crippen LogP contribution >= 0.6 is 11.8 Å². The topological polar surface area (TPSA) is 81.4 Å². The minimum Gasteiger partial charge on any atom is -0.497 e. The standard InChI is InChI=1S/C26H22F3N5O2S/c1-17-3-7-19(8-4-17)24-32-33-25(34(24)21-11-13-22(36-2)14-12-21)37-16-23(35)31-30-15-18-5-9-20(10-6-18)26(27,28)29/h3-15H,16H2,1-2H3,(H,31,35)/b30-15+. The third-order valence-electron chi connectivity index (χ3n) is 5.25. The maximum atomic E-state index is 12.7. The average molecular weight is 526 g/mol. The number of nitrogens with zero attached hydrogens (tertiary/aromatic N) is 4. The van der Waals surface area contributed by atoms with Crippen LogP contribution in [0.4, 0.5) is 13.2 Å². The highest BCUT2D eigenvalue weighted by Gasteiger charge is 2.29. The maximum absolute atomic E-state index is 12.7. The van der Waals surface area contributed by atoms with Gasteiger partial charge in [-0.15, -0.1) is 10.2 Å². The Morgan fingerprint density at radius 3 is 2.32 bits per heavy atom. The summed E-state index contributed by atoms with van der Waals surface area (Å²) in [5.41, 5.74) is 4.82. The van der Waals surface area contributed by atoms with Gasteiger partial charge in [0, 0.05) is 11.3 Å². The van der Waals surface area contributed by atoms with Crippen LogP contribution in [0.5, 0.6) is 5.75 Å². The molecule has 0 saturated carbocycles. The number of amides is 1. The molecule has 0 spiro atoms. The minimum atomic E-state index is -4.41. The number of hydrogen-bond donors (Lipinski definition) is 1. The van der Waals surface area contributed by atoms with Gasteiger partial charge in [0.25, 0.3) is 5.91 Å². The molecule has 1 N–H and O–H groups in total. The van der Waals surface area contributed by atoms with Crippen molar-refractivity contribution in [1.29, 1.82) is 0 Å². The Morgan fingerprint density at radius 2 is 1.70 bits per heavy atom. The molecule has 11 heteroatoms. The van der Waals surface area contributed by atoms with Crippen LogP contribution in [-0.4, -0.2) is 39.7 Å². The molecule has 1 heterocycles. The number of aryl methyl sites for hydroxylation is 1. The van der Waals surface area contributed by atoms with Gasteiger partial charge in [-0.3, -0.25) is 9.36 Å². The molecule has 0 bridgehead atoms. The molecule has 0 saturated heterocycles. The van der Waals surface area contributed by atoms with E-state index in [1.807, 2.05) is 60.0 Å². The molecule has 0 aliphatic heterocycles. The number of aromatic nitrogens is 3. The van der Waals surface area contributed by atoms with Gasteiger partial charge in [-0.2, -0.15) is 18.3 Å². The highest BCUT2D eigenvalue weighted by molar-refractivity contribution is 7.99. The summed E-state index contributed by atoms with van der Waals surface area (Å²) >= 11 is 1.18. The van der Waals surface area contributed by atoms with Crippen molar-refractivity contribution in [3.63, 3.8) is 0 Å². The van der Waals surface area contributed by atoms with Crippen molar-refractivity contribution < 1.29 is 22.7 Å². The molecular weight excluding hydrogens is 503 g/mol. The summed E-state index contributed by atoms with van der Waals surface area (Å²) in [6.07, 6.45) is -3.13. The van der Waals surface area contributed by atoms with Gasteiger partial charge >= 0.3 is 6.18 Å². The molecule has 1 amide bonds. The Morgan fingerprint density at radius 1 is 1.03 bits per heavy atom. The monoisotopic (exact) mass is 525 g/mol. The Kier molecular flexibility index (Phi) is 7.92. The number of methoxy groups -OCH3 is 1. The SMILES string of the molecule is COc1ccc(-n2c(SCC(=O)N/N=C/c3ccc(C(F)(F)F)cc3)nnc2-c2ccc(C)cc2)cc1. The number of nitrogens with one attached hydrogen (secondary N) is 1. The molecule has 3 aromatic carbocycles. The number of ether oxygens (including phenoxy) is 1. The first-order valence-electron chi connectivity index (χ1n) is 11.0. The van der Waals surface area contributed by atoms with Gasteiger partial charge in [0.1, 0.15) is 5.75 Å². The van der Waals surface area contributed by atoms with E-state index in [2.05, 4.69) is 20.7 Å². The molecule has 0 aliphatic rings. The Hall–Kier alpha value is -4.12. The summed E-state index contributed by atoms with van der Waals surface area (Å²) in [5.74, 6) is 0.905. The van der Waals surface area contributed by atoms with E-state index in [0.29, 0.717) is 22.3 Å². The van der Waals surface area contributed by atoms with Crippen LogP contribution in [0.3, 0.4) is 0 Å². The summed E-state index contributed by atoms with van der Waals surface area (Å²) in [4.78, 5) is 12.4. The van der Waals surface area contributed by atoms with Crippen molar-refractivity contribution >= 4 is 23.9 Å². The predicted octanol–water partition coefficient (Wildman–Crippen LogP) is 5.51. The number of alkyl halides is 3. The van der Waals surface area contributed by atoms with Gasteiger partial charge in [0.05, 0.1) is 24.6 Å². The summed E-state index contributed by atoms with van der Waals surface area (Å²) in [6.45, 7) is 2.00. The second-order valence-electron chi connectivity index (χ2n) is 7.91. The first-order valence-corrected chi connectivity index (χ1v) is 12.0. The number of carbonyl (C=O) groups excluding carboxylic acids is 1. The van der Waals surface area contributed by atoms with Crippen molar-refractivity contribution in [2.75, 3.05) is 12.9 Å². The number of carbonyl (C=O) groups is 1. The van der Waals surface area contributed by atoms with Gasteiger partial charge in [-0.25, -0.2) is 5.43 Å². The Bertz CT molecular complexity index is 1380. The zero-order valence-electron chi connectivity index (χ0n) is 19.9. The first-order chi connectivity index (χ1) is 17.7. The fourth-order valence-corrected chi connectivity index (χ4v) is 4.06. The number of rotatable bonds is 8. The molecule has 0 fully saturated rings. The predicted molar refractivity (Wildman–Crippen MR) is 136 cm³/mol. The molecule has 7 nitrogen and oxygen atoms in total. The van der Waals surface area contributed by atoms with Gasteiger partial charge in [0.2, 0.25) is 0 Å². The smallest absolute Gasteiger partial charge is 0.416 e. The number of halogens is 3. The Balaban J connectivity index is 1.47. The highest BCUT2D eigenvalue weighted by Crippen LogP contribution is 2.30. The van der Waals surface area contributed by atoms with Crippen LogP contribution < -0.4 is 10.2 Å². The molecule has 4 aromatic rings. The molecular formula is C26H22F3N5O2S. The lowest BCUT2D eigenvalue weighted by atomic mass is 10.1. The van der Waals surface area contributed by atoms with Crippen molar-refractivity contribution in [3.8, 4) is 22.8 Å². The van der Waals surface area contributed by atoms with E-state index < -0.39 is 17.6 Å². The first kappa shape index (κ1) is 26.0. The zero-order chi connectivity index (χ0) is 26.4. The van der Waals surface area contributed by atoms with Crippen LogP contribution in [0, 0.1) is 6.92 Å². The fourth-order valence-electron chi connectivity index (χ4n) is 3.32. The van der Waals surface area contributed by atoms with Gasteiger partial charge in [0.15, 0.2) is 11.0 Å². The number of benzene rings is 3. The zero-order valence-corrected chi connectivity index (χ0v) is 20.7. The largest absolute Gasteiger partial charge is 0.497 e. The second kappa shape index (κ2) is 11.3. The van der Waals surface area contributed by atoms with Crippen molar-refractivity contribution in [1.82, 2.24) is 20.2 Å². The average Bonchev–Trinajstić information content (AvgIpc) is 3.31. The molecule has 0 atom stereocenters. The van der Waals surface area contributed by atoms with E-state index in [4.69, 9.17) is 4.74 Å². The van der Waals surface area contributed by atoms with Gasteiger partial charge in [-0.05, 0) is 48.9 Å². The van der Waals surface area contributed by atoms with E-state index in [-0.39, 0.29) is 5.75 Å². The maximum Gasteiger partial charge on any atom is 0.416 e. The lowest BCUT2D eigenvalue weighted by molar-refractivity contribution is -0.137. The lowest BCUT2D eigenvalue weighted by Gasteiger charge is -2.11. The normalized spacial score (nSPS) is 11.6. The number of thioether (sulfide) groups is 1. The summed E-state index contributed by atoms with van der Waals surface area (Å²) < 4.78 is 45.1. The van der Waals surface area contributed by atoms with Gasteiger partial charge in [-0.1, -0.05) is 53.7 Å². The lowest BCUT2D eigenvalue weighted by Crippen LogP contribution is -2.20. The van der Waals surface area contributed by atoms with E-state index >= 15 is 0 Å². The van der Waals surface area contributed by atoms with E-state index in [1.165, 1.54) is 30.1 Å². The molecule has 0 unspecified atom stereocenters. The highest BCUT2D eigenvalue weighted by atomic mass is 32.2. The number of hydrogen-bond acceptors (Lipinski definition) is 6. The second-order valence-corrected chi connectivity index (χ2v) is 8.85. The van der Waals surface area contributed by atoms with Crippen LogP contribution in [0.25, 0.3) is 17.1 Å². The van der Waals surface area contributed by atoms with Crippen LogP contribution in [-0.2, 0) is 11.0 Å². The van der Waals surface area contributed by atoms with Crippen LogP contribution in [0.15, 0.2) is 83.1 Å². The molecule has 37 heavy (non-hydrogen) atoms. The molecule has 0 radical (unpaired) electrons. The number of hydrazone groups is 1. The summed E-state index contributed by atoms with van der Waals surface area (Å²) in [7, 11) is 1.59. The van der Waals surface area contributed by atoms with E-state index in [1.54, 1.807) is 7.11 Å². The Labute approximate surface area is 215 Å². The van der Waals surface area contributed by atoms with E-state index in [9.17, 15) is 18.0 Å². The molecule has 0 aliphatic carbocycles. The summed E-state index contributed by atoms with van der Waals surface area (Å²) in [6, 6.07) is 19.7. The van der Waals surface area contributed by atoms with Crippen molar-refractivity contribution in [2.24, 2.45) is 5.10 Å².